The summed E-state index contributed by atoms with van der Waals surface area (Å²) < 4.78 is 20.5. The summed E-state index contributed by atoms with van der Waals surface area (Å²) in [5, 5.41) is 4.20. The number of oxazole rings is 1. The summed E-state index contributed by atoms with van der Waals surface area (Å²) in [6.07, 6.45) is 7.41. The zero-order valence-electron chi connectivity index (χ0n) is 13.9. The molecule has 0 amide bonds. The van der Waals surface area contributed by atoms with Gasteiger partial charge >= 0.3 is 0 Å². The molecule has 0 saturated carbocycles. The molecule has 0 bridgehead atoms. The normalized spacial score (nSPS) is 18.5. The first-order valence-electron chi connectivity index (χ1n) is 8.51. The van der Waals surface area contributed by atoms with Gasteiger partial charge in [-0.15, -0.1) is 0 Å². The molecule has 0 N–H and O–H groups in total. The summed E-state index contributed by atoms with van der Waals surface area (Å²) in [4.78, 5) is 11.0. The zero-order valence-corrected chi connectivity index (χ0v) is 13.9. The third-order valence-electron chi connectivity index (χ3n) is 4.54. The maximum absolute atomic E-state index is 13.0. The lowest BCUT2D eigenvalue weighted by Gasteiger charge is -2.31. The minimum atomic E-state index is -0.262. The predicted octanol–water partition coefficient (Wildman–Crippen LogP) is 2.98. The van der Waals surface area contributed by atoms with E-state index in [4.69, 9.17) is 4.42 Å². The summed E-state index contributed by atoms with van der Waals surface area (Å²) in [5.74, 6) is 0.840. The smallest absolute Gasteiger partial charge is 0.226 e. The molecular formula is C18H20FN5O. The minimum Gasteiger partial charge on any atom is -0.444 e. The van der Waals surface area contributed by atoms with Crippen LogP contribution >= 0.6 is 0 Å². The van der Waals surface area contributed by atoms with E-state index in [1.54, 1.807) is 31.1 Å². The van der Waals surface area contributed by atoms with E-state index in [9.17, 15) is 4.39 Å². The summed E-state index contributed by atoms with van der Waals surface area (Å²) in [6.45, 7) is 3.74. The van der Waals surface area contributed by atoms with Gasteiger partial charge in [-0.05, 0) is 49.6 Å². The minimum absolute atomic E-state index is 0.262. The quantitative estimate of drug-likeness (QED) is 0.714. The van der Waals surface area contributed by atoms with E-state index in [-0.39, 0.29) is 5.82 Å². The summed E-state index contributed by atoms with van der Waals surface area (Å²) >= 11 is 0. The number of piperidine rings is 1. The number of benzene rings is 1. The first-order valence-corrected chi connectivity index (χ1v) is 8.51. The van der Waals surface area contributed by atoms with Gasteiger partial charge in [-0.1, -0.05) is 0 Å². The van der Waals surface area contributed by atoms with Crippen LogP contribution in [0, 0.1) is 11.7 Å². The molecule has 3 aromatic rings. The topological polar surface area (TPSA) is 60.0 Å². The highest BCUT2D eigenvalue weighted by molar-refractivity contribution is 5.52. The second-order valence-corrected chi connectivity index (χ2v) is 6.51. The van der Waals surface area contributed by atoms with Crippen LogP contribution in [0.1, 0.15) is 18.5 Å². The van der Waals surface area contributed by atoms with Crippen LogP contribution in [0.4, 0.5) is 4.39 Å². The highest BCUT2D eigenvalue weighted by Gasteiger charge is 2.21. The van der Waals surface area contributed by atoms with Crippen molar-refractivity contribution in [3.63, 3.8) is 0 Å². The molecule has 1 saturated heterocycles. The van der Waals surface area contributed by atoms with Crippen molar-refractivity contribution in [1.29, 1.82) is 0 Å². The van der Waals surface area contributed by atoms with Crippen molar-refractivity contribution in [2.24, 2.45) is 5.92 Å². The molecule has 1 aromatic carbocycles. The number of hydrogen-bond donors (Lipinski definition) is 0. The molecular weight excluding hydrogens is 321 g/mol. The van der Waals surface area contributed by atoms with Gasteiger partial charge < -0.3 is 4.42 Å². The molecule has 0 unspecified atom stereocenters. The lowest BCUT2D eigenvalue weighted by atomic mass is 9.98. The van der Waals surface area contributed by atoms with E-state index < -0.39 is 0 Å². The lowest BCUT2D eigenvalue weighted by molar-refractivity contribution is 0.151. The maximum atomic E-state index is 13.0. The van der Waals surface area contributed by atoms with Crippen LogP contribution in [-0.4, -0.2) is 37.7 Å². The van der Waals surface area contributed by atoms with Gasteiger partial charge in [-0.3, -0.25) is 9.58 Å². The Morgan fingerprint density at radius 2 is 2.12 bits per heavy atom. The van der Waals surface area contributed by atoms with Gasteiger partial charge in [0.1, 0.15) is 24.7 Å². The number of halogens is 1. The van der Waals surface area contributed by atoms with Crippen molar-refractivity contribution in [3.8, 4) is 11.5 Å². The van der Waals surface area contributed by atoms with E-state index in [1.807, 2.05) is 4.68 Å². The van der Waals surface area contributed by atoms with E-state index in [2.05, 4.69) is 20.0 Å². The molecule has 0 aliphatic carbocycles. The van der Waals surface area contributed by atoms with Gasteiger partial charge in [-0.25, -0.2) is 14.4 Å². The van der Waals surface area contributed by atoms with Crippen LogP contribution in [0.25, 0.3) is 11.5 Å². The molecule has 7 heteroatoms. The van der Waals surface area contributed by atoms with Crippen LogP contribution in [-0.2, 0) is 13.1 Å². The predicted molar refractivity (Wildman–Crippen MR) is 89.9 cm³/mol. The zero-order chi connectivity index (χ0) is 17.1. The standard InChI is InChI=1S/C18H20FN5O/c19-16-5-3-15(4-6-16)18-22-17(11-25-18)10-23-7-1-2-14(8-23)9-24-13-20-12-21-24/h3-6,11-14H,1-2,7-10H2/t14-/m1/s1. The molecule has 25 heavy (non-hydrogen) atoms. The number of hydrogen-bond acceptors (Lipinski definition) is 5. The van der Waals surface area contributed by atoms with E-state index in [1.165, 1.54) is 25.0 Å². The Morgan fingerprint density at radius 1 is 1.24 bits per heavy atom. The molecule has 1 atom stereocenters. The maximum Gasteiger partial charge on any atom is 0.226 e. The Morgan fingerprint density at radius 3 is 2.92 bits per heavy atom. The number of rotatable bonds is 5. The highest BCUT2D eigenvalue weighted by Crippen LogP contribution is 2.22. The van der Waals surface area contributed by atoms with Crippen LogP contribution < -0.4 is 0 Å². The van der Waals surface area contributed by atoms with Crippen LogP contribution in [0.3, 0.4) is 0 Å². The molecule has 0 spiro atoms. The molecule has 6 nitrogen and oxygen atoms in total. The number of likely N-dealkylation sites (tertiary alicyclic amines) is 1. The monoisotopic (exact) mass is 341 g/mol. The first-order chi connectivity index (χ1) is 12.3. The van der Waals surface area contributed by atoms with Gasteiger partial charge in [0.05, 0.1) is 5.69 Å². The van der Waals surface area contributed by atoms with Crippen molar-refractivity contribution in [3.05, 3.63) is 54.7 Å². The fourth-order valence-electron chi connectivity index (χ4n) is 3.37. The summed E-state index contributed by atoms with van der Waals surface area (Å²) in [7, 11) is 0. The van der Waals surface area contributed by atoms with Crippen molar-refractivity contribution < 1.29 is 8.81 Å². The van der Waals surface area contributed by atoms with Crippen LogP contribution in [0.5, 0.6) is 0 Å². The molecule has 1 fully saturated rings. The second kappa shape index (κ2) is 7.14. The molecule has 2 aromatic heterocycles. The highest BCUT2D eigenvalue weighted by atomic mass is 19.1. The average Bonchev–Trinajstić information content (AvgIpc) is 3.28. The van der Waals surface area contributed by atoms with Crippen molar-refractivity contribution >= 4 is 0 Å². The third kappa shape index (κ3) is 3.93. The van der Waals surface area contributed by atoms with Gasteiger partial charge in [-0.2, -0.15) is 5.10 Å². The van der Waals surface area contributed by atoms with E-state index in [0.29, 0.717) is 11.8 Å². The summed E-state index contributed by atoms with van der Waals surface area (Å²) in [5.41, 5.74) is 1.69. The Kier molecular flexibility index (Phi) is 4.56. The Labute approximate surface area is 145 Å². The van der Waals surface area contributed by atoms with Gasteiger partial charge in [0.15, 0.2) is 0 Å². The van der Waals surface area contributed by atoms with Gasteiger partial charge in [0.2, 0.25) is 5.89 Å². The fourth-order valence-corrected chi connectivity index (χ4v) is 3.37. The third-order valence-corrected chi connectivity index (χ3v) is 4.54. The van der Waals surface area contributed by atoms with Crippen molar-refractivity contribution in [2.45, 2.75) is 25.9 Å². The van der Waals surface area contributed by atoms with Crippen molar-refractivity contribution in [2.75, 3.05) is 13.1 Å². The molecule has 1 aliphatic heterocycles. The van der Waals surface area contributed by atoms with Crippen LogP contribution in [0.15, 0.2) is 47.6 Å². The largest absolute Gasteiger partial charge is 0.444 e. The van der Waals surface area contributed by atoms with Gasteiger partial charge in [0, 0.05) is 25.2 Å². The number of nitrogens with zero attached hydrogens (tertiary/aromatic N) is 5. The van der Waals surface area contributed by atoms with Crippen LogP contribution in [0.2, 0.25) is 0 Å². The second-order valence-electron chi connectivity index (χ2n) is 6.51. The molecule has 0 radical (unpaired) electrons. The summed E-state index contributed by atoms with van der Waals surface area (Å²) in [6, 6.07) is 6.19. The van der Waals surface area contributed by atoms with E-state index >= 15 is 0 Å². The Bertz CT molecular complexity index is 799. The van der Waals surface area contributed by atoms with E-state index in [0.717, 1.165) is 37.4 Å². The Hall–Kier alpha value is -2.54. The van der Waals surface area contributed by atoms with Crippen molar-refractivity contribution in [1.82, 2.24) is 24.6 Å². The lowest BCUT2D eigenvalue weighted by Crippen LogP contribution is -2.36. The molecule has 130 valence electrons. The van der Waals surface area contributed by atoms with Gasteiger partial charge in [0.25, 0.3) is 0 Å². The first kappa shape index (κ1) is 16.0. The molecule has 1 aliphatic rings. The molecule has 3 heterocycles. The Balaban J connectivity index is 1.37. The average molecular weight is 341 g/mol. The fraction of sp³-hybridized carbons (Fsp3) is 0.389. The molecule has 4 rings (SSSR count). The SMILES string of the molecule is Fc1ccc(-c2nc(CN3CCC[C@@H](Cn4cncn4)C3)co2)cc1. The number of aromatic nitrogens is 4.